The molecule has 0 aromatic carbocycles. The van der Waals surface area contributed by atoms with Gasteiger partial charge in [-0.3, -0.25) is 4.79 Å². The van der Waals surface area contributed by atoms with Crippen LogP contribution < -0.4 is 0 Å². The van der Waals surface area contributed by atoms with Gasteiger partial charge in [-0.15, -0.1) is 0 Å². The quantitative estimate of drug-likeness (QED) is 0.0191. The zero-order valence-electron chi connectivity index (χ0n) is 39.1. The molecule has 14 heteroatoms. The maximum atomic E-state index is 12.8. The van der Waals surface area contributed by atoms with E-state index < -0.39 is 80.7 Å². The number of hydrogen-bond donors (Lipinski definition) is 7. The predicted molar refractivity (Wildman–Crippen MR) is 243 cm³/mol. The molecule has 2 heterocycles. The van der Waals surface area contributed by atoms with Gasteiger partial charge in [-0.1, -0.05) is 154 Å². The van der Waals surface area contributed by atoms with Crippen molar-refractivity contribution < 1.29 is 69.0 Å². The fraction of sp³-hybridized carbons (Fsp3) is 0.898. The maximum absolute atomic E-state index is 12.8. The Kier molecular flexibility index (Phi) is 34.3. The Labute approximate surface area is 379 Å². The van der Waals surface area contributed by atoms with Crippen LogP contribution in [-0.4, -0.2) is 142 Å². The molecule has 0 aromatic rings. The Bertz CT molecular complexity index is 1140. The summed E-state index contributed by atoms with van der Waals surface area (Å²) in [5.74, 6) is -0.383. The van der Waals surface area contributed by atoms with E-state index in [1.807, 2.05) is 0 Å². The summed E-state index contributed by atoms with van der Waals surface area (Å²) < 4.78 is 34.1. The van der Waals surface area contributed by atoms with Gasteiger partial charge in [0.2, 0.25) is 0 Å². The topological polar surface area (TPSA) is 214 Å². The molecule has 2 saturated heterocycles. The highest BCUT2D eigenvalue weighted by molar-refractivity contribution is 5.69. The van der Waals surface area contributed by atoms with Gasteiger partial charge in [0.1, 0.15) is 54.9 Å². The Morgan fingerprint density at radius 2 is 0.984 bits per heavy atom. The van der Waals surface area contributed by atoms with Crippen molar-refractivity contribution >= 4 is 5.97 Å². The van der Waals surface area contributed by atoms with Crippen molar-refractivity contribution in [2.75, 3.05) is 33.0 Å². The van der Waals surface area contributed by atoms with Crippen LogP contribution >= 0.6 is 0 Å². The number of allylic oxidation sites excluding steroid dienone is 4. The van der Waals surface area contributed by atoms with Gasteiger partial charge in [0.15, 0.2) is 12.6 Å². The Morgan fingerprint density at radius 1 is 0.524 bits per heavy atom. The summed E-state index contributed by atoms with van der Waals surface area (Å²) in [6.07, 6.45) is 22.8. The van der Waals surface area contributed by atoms with Gasteiger partial charge in [-0.25, -0.2) is 0 Å². The molecule has 0 aromatic heterocycles. The van der Waals surface area contributed by atoms with Crippen LogP contribution in [0.25, 0.3) is 0 Å². The van der Waals surface area contributed by atoms with Crippen LogP contribution in [-0.2, 0) is 33.2 Å². The molecule has 2 rings (SSSR count). The predicted octanol–water partition coefficient (Wildman–Crippen LogP) is 6.85. The molecule has 0 radical (unpaired) electrons. The number of esters is 1. The minimum Gasteiger partial charge on any atom is -0.457 e. The van der Waals surface area contributed by atoms with Crippen molar-refractivity contribution in [2.45, 2.75) is 248 Å². The average Bonchev–Trinajstić information content (AvgIpc) is 3.28. The third-order valence-electron chi connectivity index (χ3n) is 12.0. The van der Waals surface area contributed by atoms with Crippen LogP contribution in [0.4, 0.5) is 0 Å². The largest absolute Gasteiger partial charge is 0.457 e. The van der Waals surface area contributed by atoms with E-state index in [0.29, 0.717) is 13.0 Å². The van der Waals surface area contributed by atoms with Gasteiger partial charge in [0.25, 0.3) is 0 Å². The van der Waals surface area contributed by atoms with Crippen LogP contribution in [0.2, 0.25) is 0 Å². The molecule has 11 atom stereocenters. The van der Waals surface area contributed by atoms with Gasteiger partial charge >= 0.3 is 5.97 Å². The smallest absolute Gasteiger partial charge is 0.306 e. The van der Waals surface area contributed by atoms with Gasteiger partial charge < -0.3 is 64.2 Å². The molecule has 0 bridgehead atoms. The van der Waals surface area contributed by atoms with Crippen molar-refractivity contribution in [3.63, 3.8) is 0 Å². The highest BCUT2D eigenvalue weighted by Gasteiger charge is 2.47. The first kappa shape index (κ1) is 57.6. The van der Waals surface area contributed by atoms with Crippen molar-refractivity contribution in [3.05, 3.63) is 24.3 Å². The summed E-state index contributed by atoms with van der Waals surface area (Å²) in [4.78, 5) is 12.8. The van der Waals surface area contributed by atoms with Crippen LogP contribution in [0.1, 0.15) is 181 Å². The minimum absolute atomic E-state index is 0.0620. The van der Waals surface area contributed by atoms with Crippen LogP contribution in [0.3, 0.4) is 0 Å². The van der Waals surface area contributed by atoms with E-state index in [1.54, 1.807) is 0 Å². The van der Waals surface area contributed by atoms with Crippen molar-refractivity contribution in [1.29, 1.82) is 0 Å². The highest BCUT2D eigenvalue weighted by atomic mass is 16.7. The second-order valence-corrected chi connectivity index (χ2v) is 17.6. The van der Waals surface area contributed by atoms with Crippen LogP contribution in [0.5, 0.6) is 0 Å². The number of aliphatic hydroxyl groups excluding tert-OH is 7. The average molecular weight is 903 g/mol. The molecule has 0 saturated carbocycles. The number of unbranched alkanes of at least 4 members (excludes halogenated alkanes) is 21. The summed E-state index contributed by atoms with van der Waals surface area (Å²) in [6.45, 7) is 3.62. The normalized spacial score (nSPS) is 27.1. The molecule has 2 fully saturated rings. The second kappa shape index (κ2) is 37.5. The van der Waals surface area contributed by atoms with Crippen LogP contribution in [0.15, 0.2) is 24.3 Å². The number of rotatable bonds is 39. The van der Waals surface area contributed by atoms with Gasteiger partial charge in [0, 0.05) is 13.0 Å². The molecule has 2 aliphatic heterocycles. The third kappa shape index (κ3) is 25.8. The monoisotopic (exact) mass is 903 g/mol. The van der Waals surface area contributed by atoms with Crippen molar-refractivity contribution in [3.8, 4) is 0 Å². The van der Waals surface area contributed by atoms with E-state index in [-0.39, 0.29) is 25.6 Å². The Morgan fingerprint density at radius 3 is 1.52 bits per heavy atom. The van der Waals surface area contributed by atoms with Crippen molar-refractivity contribution in [1.82, 2.24) is 0 Å². The summed E-state index contributed by atoms with van der Waals surface area (Å²) in [6, 6.07) is 0. The molecule has 14 nitrogen and oxygen atoms in total. The molecular weight excluding hydrogens is 813 g/mol. The molecule has 11 unspecified atom stereocenters. The number of ether oxygens (including phenoxy) is 6. The molecule has 63 heavy (non-hydrogen) atoms. The SMILES string of the molecule is CCCCCCC/C=C\C/C=C\CCCCCCCCCCCCOCC(COC1OC(COC2OC(CO)C(O)C(O)C2O)C(O)C(O)C1O)OC(=O)CCCCCCCCC. The third-order valence-corrected chi connectivity index (χ3v) is 12.0. The first-order chi connectivity index (χ1) is 30.6. The number of carbonyl (C=O) groups excluding carboxylic acids is 1. The lowest BCUT2D eigenvalue weighted by molar-refractivity contribution is -0.332. The summed E-state index contributed by atoms with van der Waals surface area (Å²) in [5.41, 5.74) is 0. The number of hydrogen-bond acceptors (Lipinski definition) is 14. The van der Waals surface area contributed by atoms with E-state index in [0.717, 1.165) is 44.9 Å². The number of carbonyl (C=O) groups is 1. The lowest BCUT2D eigenvalue weighted by Gasteiger charge is -2.42. The Hall–Kier alpha value is -1.53. The second-order valence-electron chi connectivity index (χ2n) is 17.6. The Balaban J connectivity index is 1.69. The van der Waals surface area contributed by atoms with Gasteiger partial charge in [-0.2, -0.15) is 0 Å². The van der Waals surface area contributed by atoms with E-state index in [1.165, 1.54) is 109 Å². The lowest BCUT2D eigenvalue weighted by Crippen LogP contribution is -2.61. The van der Waals surface area contributed by atoms with E-state index in [2.05, 4.69) is 38.2 Å². The fourth-order valence-electron chi connectivity index (χ4n) is 7.84. The summed E-state index contributed by atoms with van der Waals surface area (Å²) in [5, 5.41) is 71.9. The zero-order valence-corrected chi connectivity index (χ0v) is 39.1. The fourth-order valence-corrected chi connectivity index (χ4v) is 7.84. The van der Waals surface area contributed by atoms with Gasteiger partial charge in [-0.05, 0) is 44.9 Å². The molecular formula is C49H90O14. The zero-order chi connectivity index (χ0) is 45.9. The van der Waals surface area contributed by atoms with E-state index in [4.69, 9.17) is 28.4 Å². The molecule has 370 valence electrons. The standard InChI is InChI=1S/C49H90O14/c1-3-5-7-9-11-12-13-14-15-16-17-18-19-20-21-22-23-24-25-27-29-31-33-58-35-38(61-41(51)32-30-28-26-10-8-6-4-2)36-59-48-47(57)45(55)43(53)40(63-48)37-60-49-46(56)44(54)42(52)39(34-50)62-49/h13-14,16-17,38-40,42-50,52-57H,3-12,15,18-37H2,1-2H3/b14-13-,17-16-. The minimum atomic E-state index is -1.70. The van der Waals surface area contributed by atoms with Crippen molar-refractivity contribution in [2.24, 2.45) is 0 Å². The first-order valence-corrected chi connectivity index (χ1v) is 24.9. The summed E-state index contributed by atoms with van der Waals surface area (Å²) >= 11 is 0. The molecule has 0 spiro atoms. The molecule has 7 N–H and O–H groups in total. The van der Waals surface area contributed by atoms with Gasteiger partial charge in [0.05, 0.1) is 26.4 Å². The highest BCUT2D eigenvalue weighted by Crippen LogP contribution is 2.26. The number of aliphatic hydroxyl groups is 7. The molecule has 0 aliphatic carbocycles. The molecule has 0 amide bonds. The lowest BCUT2D eigenvalue weighted by atomic mass is 9.98. The first-order valence-electron chi connectivity index (χ1n) is 24.9. The van der Waals surface area contributed by atoms with E-state index >= 15 is 0 Å². The summed E-state index contributed by atoms with van der Waals surface area (Å²) in [7, 11) is 0. The van der Waals surface area contributed by atoms with Crippen LogP contribution in [0, 0.1) is 0 Å². The van der Waals surface area contributed by atoms with E-state index in [9.17, 15) is 40.5 Å². The maximum Gasteiger partial charge on any atom is 0.306 e. The molecule has 2 aliphatic rings.